The maximum Gasteiger partial charge on any atom is 0.511 e. The van der Waals surface area contributed by atoms with Gasteiger partial charge in [0.15, 0.2) is 10.8 Å². The van der Waals surface area contributed by atoms with E-state index >= 15 is 0 Å². The SMILES string of the molecule is CCCCc1nc(Cl)c(C(=O)OC(C)OC(=O)OCC)n1Cc1ccc(-c2ccccc2-c2nn[nH]n2)s1. The number of tetrazole rings is 1. The smallest absolute Gasteiger partial charge is 0.435 e. The van der Waals surface area contributed by atoms with Crippen LogP contribution >= 0.6 is 22.9 Å². The number of aromatic nitrogens is 6. The van der Waals surface area contributed by atoms with Crippen molar-refractivity contribution < 1.29 is 23.8 Å². The fourth-order valence-corrected chi connectivity index (χ4v) is 5.12. The van der Waals surface area contributed by atoms with E-state index in [1.165, 1.54) is 6.92 Å². The van der Waals surface area contributed by atoms with Gasteiger partial charge in [0.05, 0.1) is 13.2 Å². The normalized spacial score (nSPS) is 11.8. The van der Waals surface area contributed by atoms with E-state index in [1.54, 1.807) is 22.8 Å². The van der Waals surface area contributed by atoms with Crippen LogP contribution < -0.4 is 0 Å². The second-order valence-electron chi connectivity index (χ2n) is 8.18. The Morgan fingerprint density at radius 3 is 2.63 bits per heavy atom. The Morgan fingerprint density at radius 1 is 1.13 bits per heavy atom. The van der Waals surface area contributed by atoms with E-state index in [9.17, 15) is 9.59 Å². The van der Waals surface area contributed by atoms with Gasteiger partial charge in [0.25, 0.3) is 0 Å². The summed E-state index contributed by atoms with van der Waals surface area (Å²) in [6.45, 7) is 5.64. The Morgan fingerprint density at radius 2 is 1.92 bits per heavy atom. The van der Waals surface area contributed by atoms with Crippen LogP contribution in [-0.2, 0) is 27.2 Å². The van der Waals surface area contributed by atoms with Crippen molar-refractivity contribution in [3.05, 3.63) is 57.9 Å². The molecule has 3 heterocycles. The second-order valence-corrected chi connectivity index (χ2v) is 9.70. The molecule has 0 saturated heterocycles. The number of hydrogen-bond donors (Lipinski definition) is 1. The number of thiophene rings is 1. The molecule has 0 aliphatic carbocycles. The van der Waals surface area contributed by atoms with Gasteiger partial charge < -0.3 is 18.8 Å². The number of H-pyrrole nitrogens is 1. The molecular formula is C25H27ClN6O5S. The molecule has 0 radical (unpaired) electrons. The zero-order chi connectivity index (χ0) is 27.1. The van der Waals surface area contributed by atoms with Crippen molar-refractivity contribution in [2.24, 2.45) is 0 Å². The van der Waals surface area contributed by atoms with Crippen LogP contribution in [0.1, 0.15) is 54.8 Å². The maximum atomic E-state index is 13.1. The minimum atomic E-state index is -1.17. The molecule has 38 heavy (non-hydrogen) atoms. The summed E-state index contributed by atoms with van der Waals surface area (Å²) in [5, 5.41) is 14.4. The third-order valence-corrected chi connectivity index (χ3v) is 6.87. The number of nitrogens with one attached hydrogen (secondary N) is 1. The van der Waals surface area contributed by atoms with E-state index in [0.29, 0.717) is 24.6 Å². The summed E-state index contributed by atoms with van der Waals surface area (Å²) in [6.07, 6.45) is 0.359. The van der Waals surface area contributed by atoms with E-state index in [4.69, 9.17) is 25.8 Å². The summed E-state index contributed by atoms with van der Waals surface area (Å²) in [5.41, 5.74) is 1.91. The number of imidazole rings is 1. The Bertz CT molecular complexity index is 1390. The van der Waals surface area contributed by atoms with Crippen molar-refractivity contribution >= 4 is 35.1 Å². The molecule has 0 bridgehead atoms. The van der Waals surface area contributed by atoms with Gasteiger partial charge in [-0.25, -0.2) is 14.6 Å². The van der Waals surface area contributed by atoms with Crippen LogP contribution in [0.2, 0.25) is 5.15 Å². The van der Waals surface area contributed by atoms with Gasteiger partial charge in [0.1, 0.15) is 5.82 Å². The number of aromatic amines is 1. The number of halogens is 1. The fraction of sp³-hybridized carbons (Fsp3) is 0.360. The summed E-state index contributed by atoms with van der Waals surface area (Å²) in [4.78, 5) is 31.1. The Kier molecular flexibility index (Phi) is 9.08. The first kappa shape index (κ1) is 27.3. The molecule has 4 rings (SSSR count). The number of carbonyl (C=O) groups is 2. The zero-order valence-electron chi connectivity index (χ0n) is 21.1. The average Bonchev–Trinajstić information content (AvgIpc) is 3.64. The monoisotopic (exact) mass is 558 g/mol. The second kappa shape index (κ2) is 12.7. The van der Waals surface area contributed by atoms with Crippen molar-refractivity contribution in [3.8, 4) is 21.8 Å². The molecule has 4 aromatic rings. The molecule has 1 aromatic carbocycles. The number of rotatable bonds is 11. The Balaban J connectivity index is 1.61. The van der Waals surface area contributed by atoms with Gasteiger partial charge in [-0.3, -0.25) is 0 Å². The van der Waals surface area contributed by atoms with E-state index in [0.717, 1.165) is 33.7 Å². The lowest BCUT2D eigenvalue weighted by Gasteiger charge is -2.15. The van der Waals surface area contributed by atoms with E-state index in [1.807, 2.05) is 36.4 Å². The fourth-order valence-electron chi connectivity index (χ4n) is 3.81. The number of ether oxygens (including phenoxy) is 3. The number of esters is 1. The first-order chi connectivity index (χ1) is 18.4. The van der Waals surface area contributed by atoms with Crippen molar-refractivity contribution in [3.63, 3.8) is 0 Å². The molecule has 0 aliphatic heterocycles. The lowest BCUT2D eigenvalue weighted by atomic mass is 10.1. The highest BCUT2D eigenvalue weighted by Crippen LogP contribution is 2.35. The van der Waals surface area contributed by atoms with Gasteiger partial charge >= 0.3 is 12.1 Å². The topological polar surface area (TPSA) is 134 Å². The molecule has 0 amide bonds. The highest BCUT2D eigenvalue weighted by atomic mass is 35.5. The lowest BCUT2D eigenvalue weighted by Crippen LogP contribution is -2.24. The standard InChI is InChI=1S/C25H27ClN6O5S/c1-4-6-11-20-27-22(26)21(24(33)36-15(3)37-25(34)35-5-2)32(20)14-16-12-13-19(38-16)17-9-7-8-10-18(17)23-28-30-31-29-23/h7-10,12-13,15H,4-6,11,14H2,1-3H3,(H,28,29,30,31). The number of benzene rings is 1. The summed E-state index contributed by atoms with van der Waals surface area (Å²) >= 11 is 7.99. The third kappa shape index (κ3) is 6.37. The predicted octanol–water partition coefficient (Wildman–Crippen LogP) is 5.51. The summed E-state index contributed by atoms with van der Waals surface area (Å²) < 4.78 is 16.8. The molecule has 200 valence electrons. The molecule has 0 saturated carbocycles. The highest BCUT2D eigenvalue weighted by Gasteiger charge is 2.26. The zero-order valence-corrected chi connectivity index (χ0v) is 22.7. The Hall–Kier alpha value is -3.77. The van der Waals surface area contributed by atoms with Crippen LogP contribution in [0.25, 0.3) is 21.8 Å². The molecule has 11 nitrogen and oxygen atoms in total. The lowest BCUT2D eigenvalue weighted by molar-refractivity contribution is -0.0815. The first-order valence-corrected chi connectivity index (χ1v) is 13.3. The van der Waals surface area contributed by atoms with Gasteiger partial charge in [-0.15, -0.1) is 21.5 Å². The molecule has 1 N–H and O–H groups in total. The van der Waals surface area contributed by atoms with E-state index in [2.05, 4.69) is 32.5 Å². The minimum Gasteiger partial charge on any atom is -0.435 e. The van der Waals surface area contributed by atoms with Crippen LogP contribution in [0.3, 0.4) is 0 Å². The molecule has 1 atom stereocenters. The van der Waals surface area contributed by atoms with Crippen LogP contribution in [0, 0.1) is 0 Å². The van der Waals surface area contributed by atoms with E-state index in [-0.39, 0.29) is 17.5 Å². The van der Waals surface area contributed by atoms with Crippen LogP contribution in [-0.4, -0.2) is 55.2 Å². The first-order valence-electron chi connectivity index (χ1n) is 12.1. The Labute approximate surface area is 228 Å². The molecule has 0 fully saturated rings. The maximum absolute atomic E-state index is 13.1. The largest absolute Gasteiger partial charge is 0.511 e. The van der Waals surface area contributed by atoms with Gasteiger partial charge in [-0.05, 0) is 30.7 Å². The third-order valence-electron chi connectivity index (χ3n) is 5.50. The van der Waals surface area contributed by atoms with Crippen LogP contribution in [0.15, 0.2) is 36.4 Å². The minimum absolute atomic E-state index is 0.0312. The summed E-state index contributed by atoms with van der Waals surface area (Å²) in [5.74, 6) is 0.425. The molecule has 1 unspecified atom stereocenters. The quantitative estimate of drug-likeness (QED) is 0.187. The molecular weight excluding hydrogens is 532 g/mol. The van der Waals surface area contributed by atoms with Crippen molar-refractivity contribution in [2.45, 2.75) is 52.9 Å². The van der Waals surface area contributed by atoms with Crippen LogP contribution in [0.4, 0.5) is 4.79 Å². The molecule has 3 aromatic heterocycles. The van der Waals surface area contributed by atoms with Crippen molar-refractivity contribution in [1.82, 2.24) is 30.2 Å². The average molecular weight is 559 g/mol. The highest BCUT2D eigenvalue weighted by molar-refractivity contribution is 7.15. The number of aryl methyl sites for hydroxylation is 1. The van der Waals surface area contributed by atoms with E-state index < -0.39 is 18.4 Å². The van der Waals surface area contributed by atoms with Gasteiger partial charge in [0, 0.05) is 34.2 Å². The number of nitrogens with zero attached hydrogens (tertiary/aromatic N) is 5. The van der Waals surface area contributed by atoms with Gasteiger partial charge in [-0.2, -0.15) is 5.21 Å². The summed E-state index contributed by atoms with van der Waals surface area (Å²) in [7, 11) is 0. The summed E-state index contributed by atoms with van der Waals surface area (Å²) in [6, 6.07) is 11.8. The predicted molar refractivity (Wildman–Crippen MR) is 141 cm³/mol. The number of hydrogen-bond acceptors (Lipinski definition) is 10. The van der Waals surface area contributed by atoms with Gasteiger partial charge in [-0.1, -0.05) is 49.2 Å². The van der Waals surface area contributed by atoms with Gasteiger partial charge in [0.2, 0.25) is 12.1 Å². The molecule has 0 aliphatic rings. The number of carbonyl (C=O) groups excluding carboxylic acids is 2. The van der Waals surface area contributed by atoms with Crippen LogP contribution in [0.5, 0.6) is 0 Å². The number of unbranched alkanes of at least 4 members (excludes halogenated alkanes) is 1. The molecule has 0 spiro atoms. The van der Waals surface area contributed by atoms with Crippen molar-refractivity contribution in [1.29, 1.82) is 0 Å². The van der Waals surface area contributed by atoms with Crippen molar-refractivity contribution in [2.75, 3.05) is 6.61 Å². The molecule has 13 heteroatoms.